The van der Waals surface area contributed by atoms with Gasteiger partial charge in [0.1, 0.15) is 0 Å². The molecule has 12 heavy (non-hydrogen) atoms. The molecule has 0 saturated heterocycles. The van der Waals surface area contributed by atoms with E-state index in [2.05, 4.69) is 4.90 Å². The minimum Gasteiger partial charge on any atom is -0.296 e. The molecule has 0 heterocycles. The van der Waals surface area contributed by atoms with Gasteiger partial charge in [-0.05, 0) is 19.9 Å². The largest absolute Gasteiger partial charge is 0.296 e. The molecule has 0 atom stereocenters. The fourth-order valence-electron chi connectivity index (χ4n) is 1.93. The van der Waals surface area contributed by atoms with E-state index >= 15 is 0 Å². The minimum absolute atomic E-state index is 0.477. The smallest absolute Gasteiger partial charge is 0.213 e. The first-order valence-electron chi connectivity index (χ1n) is 4.90. The van der Waals surface area contributed by atoms with Gasteiger partial charge in [-0.2, -0.15) is 0 Å². The highest BCUT2D eigenvalue weighted by atomic mass is 16.1. The van der Waals surface area contributed by atoms with Gasteiger partial charge < -0.3 is 0 Å². The lowest BCUT2D eigenvalue weighted by Crippen LogP contribution is -2.32. The molecule has 69 valence electrons. The van der Waals surface area contributed by atoms with E-state index in [1.54, 1.807) is 0 Å². The topological polar surface area (TPSA) is 20.3 Å². The van der Waals surface area contributed by atoms with Crippen molar-refractivity contribution in [1.29, 1.82) is 0 Å². The van der Waals surface area contributed by atoms with Gasteiger partial charge in [0.25, 0.3) is 0 Å². The molecule has 1 aliphatic rings. The van der Waals surface area contributed by atoms with Crippen LogP contribution in [0.5, 0.6) is 0 Å². The Morgan fingerprint density at radius 2 is 1.83 bits per heavy atom. The highest BCUT2D eigenvalue weighted by molar-refractivity contribution is 5.52. The molecule has 1 aliphatic carbocycles. The molecule has 0 spiro atoms. The lowest BCUT2D eigenvalue weighted by Gasteiger charge is -2.24. The van der Waals surface area contributed by atoms with Crippen LogP contribution in [0.4, 0.5) is 0 Å². The molecule has 0 N–H and O–H groups in total. The minimum atomic E-state index is 0.477. The number of rotatable bonds is 3. The van der Waals surface area contributed by atoms with Gasteiger partial charge in [-0.1, -0.05) is 25.7 Å². The molecule has 2 nitrogen and oxygen atoms in total. The molecular formula is C10H18NO. The van der Waals surface area contributed by atoms with E-state index in [0.29, 0.717) is 12.6 Å². The predicted octanol–water partition coefficient (Wildman–Crippen LogP) is 1.75. The van der Waals surface area contributed by atoms with Gasteiger partial charge >= 0.3 is 0 Å². The van der Waals surface area contributed by atoms with Gasteiger partial charge in [0.2, 0.25) is 6.29 Å². The van der Waals surface area contributed by atoms with E-state index in [1.165, 1.54) is 38.5 Å². The average Bonchev–Trinajstić information content (AvgIpc) is 2.32. The average molecular weight is 168 g/mol. The van der Waals surface area contributed by atoms with Gasteiger partial charge in [-0.3, -0.25) is 9.69 Å². The van der Waals surface area contributed by atoms with Crippen molar-refractivity contribution in [1.82, 2.24) is 4.90 Å². The molecular weight excluding hydrogens is 150 g/mol. The first-order valence-corrected chi connectivity index (χ1v) is 4.90. The van der Waals surface area contributed by atoms with Crippen molar-refractivity contribution in [2.75, 3.05) is 13.6 Å². The summed E-state index contributed by atoms with van der Waals surface area (Å²) < 4.78 is 0. The van der Waals surface area contributed by atoms with Crippen molar-refractivity contribution in [3.63, 3.8) is 0 Å². The third-order valence-corrected chi connectivity index (χ3v) is 2.76. The fraction of sp³-hybridized carbons (Fsp3) is 0.900. The van der Waals surface area contributed by atoms with E-state index < -0.39 is 0 Å². The molecule has 1 rings (SSSR count). The summed E-state index contributed by atoms with van der Waals surface area (Å²) >= 11 is 0. The van der Waals surface area contributed by atoms with Crippen molar-refractivity contribution < 1.29 is 4.79 Å². The maximum absolute atomic E-state index is 10.2. The number of hydrogen-bond acceptors (Lipinski definition) is 2. The summed E-state index contributed by atoms with van der Waals surface area (Å²) in [6.07, 6.45) is 9.88. The van der Waals surface area contributed by atoms with Crippen LogP contribution in [0.3, 0.4) is 0 Å². The van der Waals surface area contributed by atoms with Gasteiger partial charge in [0, 0.05) is 6.04 Å². The summed E-state index contributed by atoms with van der Waals surface area (Å²) in [5.74, 6) is 0. The van der Waals surface area contributed by atoms with Gasteiger partial charge in [0.15, 0.2) is 0 Å². The van der Waals surface area contributed by atoms with E-state index in [9.17, 15) is 4.79 Å². The summed E-state index contributed by atoms with van der Waals surface area (Å²) in [6.45, 7) is 0.477. The van der Waals surface area contributed by atoms with Crippen molar-refractivity contribution in [3.8, 4) is 0 Å². The Hall–Kier alpha value is -0.370. The molecule has 2 heteroatoms. The lowest BCUT2D eigenvalue weighted by molar-refractivity contribution is 0.247. The molecule has 1 fully saturated rings. The summed E-state index contributed by atoms with van der Waals surface area (Å²) in [7, 11) is 2.03. The Labute approximate surface area is 74.9 Å². The van der Waals surface area contributed by atoms with Gasteiger partial charge in [-0.15, -0.1) is 0 Å². The normalized spacial score (nSPS) is 20.8. The third kappa shape index (κ3) is 2.94. The summed E-state index contributed by atoms with van der Waals surface area (Å²) in [4.78, 5) is 12.3. The third-order valence-electron chi connectivity index (χ3n) is 2.76. The summed E-state index contributed by atoms with van der Waals surface area (Å²) in [5.41, 5.74) is 0. The highest BCUT2D eigenvalue weighted by Gasteiger charge is 2.15. The zero-order chi connectivity index (χ0) is 8.81. The Balaban J connectivity index is 2.31. The molecule has 0 aromatic carbocycles. The lowest BCUT2D eigenvalue weighted by atomic mass is 10.1. The number of carbonyl (C=O) groups excluding carboxylic acids is 1. The van der Waals surface area contributed by atoms with Crippen LogP contribution < -0.4 is 0 Å². The summed E-state index contributed by atoms with van der Waals surface area (Å²) in [6, 6.07) is 0.633. The number of hydrogen-bond donors (Lipinski definition) is 0. The second-order valence-corrected chi connectivity index (χ2v) is 3.70. The van der Waals surface area contributed by atoms with Crippen molar-refractivity contribution in [3.05, 3.63) is 0 Å². The van der Waals surface area contributed by atoms with Crippen LogP contribution in [0.25, 0.3) is 0 Å². The van der Waals surface area contributed by atoms with Gasteiger partial charge in [-0.25, -0.2) is 0 Å². The molecule has 1 saturated carbocycles. The van der Waals surface area contributed by atoms with Crippen molar-refractivity contribution >= 4 is 6.29 Å². The summed E-state index contributed by atoms with van der Waals surface area (Å²) in [5, 5.41) is 0. The van der Waals surface area contributed by atoms with E-state index in [4.69, 9.17) is 0 Å². The number of nitrogens with zero attached hydrogens (tertiary/aromatic N) is 1. The SMILES string of the molecule is CN(C[C]=O)C1CCCCCC1. The van der Waals surface area contributed by atoms with Crippen LogP contribution in [-0.4, -0.2) is 30.8 Å². The molecule has 0 aromatic heterocycles. The van der Waals surface area contributed by atoms with E-state index in [-0.39, 0.29) is 0 Å². The van der Waals surface area contributed by atoms with Crippen LogP contribution in [0.15, 0.2) is 0 Å². The second-order valence-electron chi connectivity index (χ2n) is 3.70. The van der Waals surface area contributed by atoms with E-state index in [0.717, 1.165) is 0 Å². The molecule has 0 bridgehead atoms. The Bertz CT molecular complexity index is 128. The van der Waals surface area contributed by atoms with Crippen molar-refractivity contribution in [2.24, 2.45) is 0 Å². The highest BCUT2D eigenvalue weighted by Crippen LogP contribution is 2.20. The zero-order valence-electron chi connectivity index (χ0n) is 7.88. The van der Waals surface area contributed by atoms with Crippen LogP contribution in [-0.2, 0) is 4.79 Å². The molecule has 1 radical (unpaired) electrons. The van der Waals surface area contributed by atoms with E-state index in [1.807, 2.05) is 13.3 Å². The van der Waals surface area contributed by atoms with Crippen LogP contribution >= 0.6 is 0 Å². The molecule has 0 aromatic rings. The maximum Gasteiger partial charge on any atom is 0.213 e. The van der Waals surface area contributed by atoms with Crippen molar-refractivity contribution in [2.45, 2.75) is 44.6 Å². The predicted molar refractivity (Wildman–Crippen MR) is 49.8 cm³/mol. The quantitative estimate of drug-likeness (QED) is 0.598. The zero-order valence-corrected chi connectivity index (χ0v) is 7.88. The van der Waals surface area contributed by atoms with Crippen LogP contribution in [0.2, 0.25) is 0 Å². The Morgan fingerprint density at radius 3 is 2.33 bits per heavy atom. The monoisotopic (exact) mass is 168 g/mol. The molecule has 0 unspecified atom stereocenters. The molecule has 0 aliphatic heterocycles. The Morgan fingerprint density at radius 1 is 1.25 bits per heavy atom. The maximum atomic E-state index is 10.2. The van der Waals surface area contributed by atoms with Crippen LogP contribution in [0.1, 0.15) is 38.5 Å². The first-order chi connectivity index (χ1) is 5.84. The first kappa shape index (κ1) is 9.72. The Kier molecular flexibility index (Phi) is 4.30. The number of likely N-dealkylation sites (N-methyl/N-ethyl adjacent to an activating group) is 1. The molecule has 0 amide bonds. The van der Waals surface area contributed by atoms with Gasteiger partial charge in [0.05, 0.1) is 6.54 Å². The van der Waals surface area contributed by atoms with Crippen LogP contribution in [0, 0.1) is 0 Å². The second kappa shape index (κ2) is 5.31. The fourth-order valence-corrected chi connectivity index (χ4v) is 1.93. The standard InChI is InChI=1S/C10H18NO/c1-11(8-9-12)10-6-4-2-3-5-7-10/h10H,2-8H2,1H3.